The van der Waals surface area contributed by atoms with Crippen LogP contribution in [-0.4, -0.2) is 12.1 Å². The van der Waals surface area contributed by atoms with Gasteiger partial charge in [0.1, 0.15) is 11.3 Å². The second kappa shape index (κ2) is 3.37. The highest BCUT2D eigenvalue weighted by Crippen LogP contribution is 2.41. The summed E-state index contributed by atoms with van der Waals surface area (Å²) in [6.45, 7) is 0. The lowest BCUT2D eigenvalue weighted by Gasteiger charge is -2.08. The number of rotatable bonds is 2. The van der Waals surface area contributed by atoms with Crippen LogP contribution in [0.1, 0.15) is 24.5 Å². The van der Waals surface area contributed by atoms with E-state index in [0.717, 1.165) is 28.0 Å². The third-order valence-corrected chi connectivity index (χ3v) is 3.07. The van der Waals surface area contributed by atoms with Crippen LogP contribution in [0.25, 0.3) is 10.9 Å². The molecule has 1 fully saturated rings. The van der Waals surface area contributed by atoms with E-state index in [-0.39, 0.29) is 0 Å². The lowest BCUT2D eigenvalue weighted by atomic mass is 10.1. The van der Waals surface area contributed by atoms with Crippen molar-refractivity contribution in [3.05, 3.63) is 30.0 Å². The molecule has 0 spiro atoms. The highest BCUT2D eigenvalue weighted by molar-refractivity contribution is 5.94. The molecule has 1 aromatic heterocycles. The second-order valence-corrected chi connectivity index (χ2v) is 4.27. The van der Waals surface area contributed by atoms with Crippen LogP contribution in [-0.2, 0) is 0 Å². The number of fused-ring (bicyclic) bond motifs is 1. The van der Waals surface area contributed by atoms with Gasteiger partial charge in [-0.1, -0.05) is 12.1 Å². The fraction of sp³-hybridized carbons (Fsp3) is 0.308. The highest BCUT2D eigenvalue weighted by atomic mass is 16.5. The maximum Gasteiger partial charge on any atom is 0.145 e. The smallest absolute Gasteiger partial charge is 0.145 e. The summed E-state index contributed by atoms with van der Waals surface area (Å²) in [6, 6.07) is 7.85. The largest absolute Gasteiger partial charge is 0.494 e. The molecule has 0 aliphatic heterocycles. The molecule has 3 nitrogen and oxygen atoms in total. The van der Waals surface area contributed by atoms with Gasteiger partial charge in [0.25, 0.3) is 0 Å². The monoisotopic (exact) mass is 214 g/mol. The van der Waals surface area contributed by atoms with Crippen LogP contribution >= 0.6 is 0 Å². The Kier molecular flexibility index (Phi) is 1.99. The lowest BCUT2D eigenvalue weighted by molar-refractivity contribution is 0.419. The van der Waals surface area contributed by atoms with Crippen molar-refractivity contribution in [3.63, 3.8) is 0 Å². The van der Waals surface area contributed by atoms with Gasteiger partial charge < -0.3 is 10.5 Å². The molecule has 16 heavy (non-hydrogen) atoms. The predicted molar refractivity (Wildman–Crippen MR) is 64.7 cm³/mol. The summed E-state index contributed by atoms with van der Waals surface area (Å²) in [5.41, 5.74) is 8.84. The Morgan fingerprint density at radius 2 is 2.19 bits per heavy atom. The van der Waals surface area contributed by atoms with Gasteiger partial charge in [0, 0.05) is 22.7 Å². The third-order valence-electron chi connectivity index (χ3n) is 3.07. The van der Waals surface area contributed by atoms with Crippen LogP contribution < -0.4 is 10.5 Å². The zero-order chi connectivity index (χ0) is 11.1. The minimum atomic E-state index is 0.608. The summed E-state index contributed by atoms with van der Waals surface area (Å²) in [5.74, 6) is 1.41. The molecule has 3 heteroatoms. The summed E-state index contributed by atoms with van der Waals surface area (Å²) in [4.78, 5) is 4.66. The number of ether oxygens (including phenoxy) is 1. The number of benzene rings is 1. The Labute approximate surface area is 94.2 Å². The molecule has 1 aromatic carbocycles. The molecule has 82 valence electrons. The van der Waals surface area contributed by atoms with Crippen molar-refractivity contribution in [1.82, 2.24) is 4.98 Å². The summed E-state index contributed by atoms with van der Waals surface area (Å²) >= 11 is 0. The number of nitrogens with two attached hydrogens (primary N) is 1. The maximum atomic E-state index is 6.05. The van der Waals surface area contributed by atoms with Crippen molar-refractivity contribution >= 4 is 16.6 Å². The first-order chi connectivity index (χ1) is 7.79. The molecule has 0 bridgehead atoms. The SMILES string of the molecule is COc1cccc2c(N)cc(C3CC3)nc12. The number of para-hydroxylation sites is 1. The van der Waals surface area contributed by atoms with Crippen molar-refractivity contribution in [2.45, 2.75) is 18.8 Å². The van der Waals surface area contributed by atoms with Crippen LogP contribution in [0.15, 0.2) is 24.3 Å². The lowest BCUT2D eigenvalue weighted by Crippen LogP contribution is -1.96. The van der Waals surface area contributed by atoms with Crippen LogP contribution in [0.5, 0.6) is 5.75 Å². The Hall–Kier alpha value is -1.77. The molecule has 1 heterocycles. The fourth-order valence-corrected chi connectivity index (χ4v) is 2.02. The quantitative estimate of drug-likeness (QED) is 0.836. The summed E-state index contributed by atoms with van der Waals surface area (Å²) < 4.78 is 5.32. The van der Waals surface area contributed by atoms with Crippen molar-refractivity contribution in [2.75, 3.05) is 12.8 Å². The number of pyridine rings is 1. The molecule has 2 aromatic rings. The molecule has 2 N–H and O–H groups in total. The van der Waals surface area contributed by atoms with E-state index < -0.39 is 0 Å². The number of hydrogen-bond acceptors (Lipinski definition) is 3. The summed E-state index contributed by atoms with van der Waals surface area (Å²) in [5, 5.41) is 0.976. The standard InChI is InChI=1S/C13H14N2O/c1-16-12-4-2-3-9-10(14)7-11(8-5-6-8)15-13(9)12/h2-4,7-8H,5-6H2,1H3,(H2,14,15). The maximum absolute atomic E-state index is 6.05. The van der Waals surface area contributed by atoms with E-state index in [4.69, 9.17) is 10.5 Å². The highest BCUT2D eigenvalue weighted by Gasteiger charge is 2.26. The van der Waals surface area contributed by atoms with E-state index in [1.54, 1.807) is 7.11 Å². The van der Waals surface area contributed by atoms with Crippen molar-refractivity contribution < 1.29 is 4.74 Å². The third kappa shape index (κ3) is 1.40. The topological polar surface area (TPSA) is 48.1 Å². The number of hydrogen-bond donors (Lipinski definition) is 1. The molecule has 1 saturated carbocycles. The van der Waals surface area contributed by atoms with Gasteiger partial charge in [0.05, 0.1) is 7.11 Å². The Bertz CT molecular complexity index is 547. The van der Waals surface area contributed by atoms with Gasteiger partial charge in [-0.15, -0.1) is 0 Å². The molecule has 0 saturated heterocycles. The molecule has 0 unspecified atom stereocenters. The number of anilines is 1. The molecule has 1 aliphatic rings. The van der Waals surface area contributed by atoms with E-state index >= 15 is 0 Å². The van der Waals surface area contributed by atoms with Crippen LogP contribution in [0, 0.1) is 0 Å². The van der Waals surface area contributed by atoms with Gasteiger partial charge in [-0.2, -0.15) is 0 Å². The van der Waals surface area contributed by atoms with Gasteiger partial charge in [-0.3, -0.25) is 0 Å². The second-order valence-electron chi connectivity index (χ2n) is 4.27. The van der Waals surface area contributed by atoms with Gasteiger partial charge in [-0.05, 0) is 25.0 Å². The number of aromatic nitrogens is 1. The van der Waals surface area contributed by atoms with E-state index in [9.17, 15) is 0 Å². The molecule has 0 amide bonds. The van der Waals surface area contributed by atoms with Crippen molar-refractivity contribution in [2.24, 2.45) is 0 Å². The first kappa shape index (κ1) is 9.46. The molecular weight excluding hydrogens is 200 g/mol. The molecule has 1 aliphatic carbocycles. The van der Waals surface area contributed by atoms with E-state index in [0.29, 0.717) is 5.92 Å². The summed E-state index contributed by atoms with van der Waals surface area (Å²) in [6.07, 6.45) is 2.46. The van der Waals surface area contributed by atoms with E-state index in [1.165, 1.54) is 12.8 Å². The normalized spacial score (nSPS) is 15.3. The first-order valence-corrected chi connectivity index (χ1v) is 5.52. The minimum Gasteiger partial charge on any atom is -0.494 e. The molecule has 0 radical (unpaired) electrons. The first-order valence-electron chi connectivity index (χ1n) is 5.52. The van der Waals surface area contributed by atoms with Crippen LogP contribution in [0.4, 0.5) is 5.69 Å². The number of nitrogens with zero attached hydrogens (tertiary/aromatic N) is 1. The van der Waals surface area contributed by atoms with Gasteiger partial charge in [0.2, 0.25) is 0 Å². The average molecular weight is 214 g/mol. The number of methoxy groups -OCH3 is 1. The Morgan fingerprint density at radius 1 is 1.38 bits per heavy atom. The molecular formula is C13H14N2O. The zero-order valence-corrected chi connectivity index (χ0v) is 9.23. The zero-order valence-electron chi connectivity index (χ0n) is 9.23. The number of nitrogen functional groups attached to an aromatic ring is 1. The van der Waals surface area contributed by atoms with Crippen molar-refractivity contribution in [3.8, 4) is 5.75 Å². The Balaban J connectivity index is 2.29. The van der Waals surface area contributed by atoms with E-state index in [2.05, 4.69) is 4.98 Å². The molecule has 0 atom stereocenters. The van der Waals surface area contributed by atoms with Gasteiger partial charge in [0.15, 0.2) is 0 Å². The minimum absolute atomic E-state index is 0.608. The van der Waals surface area contributed by atoms with Crippen LogP contribution in [0.2, 0.25) is 0 Å². The average Bonchev–Trinajstić information content (AvgIpc) is 3.12. The van der Waals surface area contributed by atoms with Crippen molar-refractivity contribution in [1.29, 1.82) is 0 Å². The fourth-order valence-electron chi connectivity index (χ4n) is 2.02. The van der Waals surface area contributed by atoms with Crippen LogP contribution in [0.3, 0.4) is 0 Å². The van der Waals surface area contributed by atoms with E-state index in [1.807, 2.05) is 24.3 Å². The Morgan fingerprint density at radius 3 is 2.88 bits per heavy atom. The van der Waals surface area contributed by atoms with Gasteiger partial charge in [-0.25, -0.2) is 4.98 Å². The van der Waals surface area contributed by atoms with Gasteiger partial charge >= 0.3 is 0 Å². The molecule has 3 rings (SSSR count). The summed E-state index contributed by atoms with van der Waals surface area (Å²) in [7, 11) is 1.66. The predicted octanol–water partition coefficient (Wildman–Crippen LogP) is 2.70.